The van der Waals surface area contributed by atoms with Crippen molar-refractivity contribution in [1.29, 1.82) is 0 Å². The molecular weight excluding hydrogens is 262 g/mol. The molecule has 1 rings (SSSR count). The molecule has 0 N–H and O–H groups in total. The molecule has 1 aliphatic carbocycles. The largest absolute Gasteiger partial charge is 0.464 e. The molecule has 0 aromatic carbocycles. The molecule has 0 saturated heterocycles. The van der Waals surface area contributed by atoms with Crippen LogP contribution in [0.1, 0.15) is 25.7 Å². The summed E-state index contributed by atoms with van der Waals surface area (Å²) in [7, 11) is 2.71. The third-order valence-corrected chi connectivity index (χ3v) is 3.07. The molecule has 0 aliphatic heterocycles. The number of hydrogen-bond donors (Lipinski definition) is 0. The minimum atomic E-state index is -0.562. The molecule has 0 amide bonds. The highest BCUT2D eigenvalue weighted by molar-refractivity contribution is 6.41. The topological polar surface area (TPSA) is 82.0 Å². The average Bonchev–Trinajstić information content (AvgIpc) is 2.38. The summed E-state index contributed by atoms with van der Waals surface area (Å²) in [6.45, 7) is -0.226. The maximum absolute atomic E-state index is 11.5. The molecule has 0 heterocycles. The zero-order valence-corrected chi connectivity index (χ0v) is 11.8. The fourth-order valence-corrected chi connectivity index (χ4v) is 1.61. The Labute approximate surface area is 117 Å². The van der Waals surface area contributed by atoms with Crippen LogP contribution >= 0.6 is 0 Å². The van der Waals surface area contributed by atoms with Crippen LogP contribution in [-0.2, 0) is 23.9 Å². The SMILES string of the molecule is CN=C(C=CCC(=O)COC(=O)C1CCC1)C(=O)OC. The van der Waals surface area contributed by atoms with Crippen LogP contribution in [0.15, 0.2) is 17.1 Å². The van der Waals surface area contributed by atoms with Crippen LogP contribution in [0.2, 0.25) is 0 Å². The summed E-state index contributed by atoms with van der Waals surface area (Å²) in [6.07, 6.45) is 5.73. The minimum absolute atomic E-state index is 0.0310. The minimum Gasteiger partial charge on any atom is -0.464 e. The standard InChI is InChI=1S/C14H19NO5/c1-15-12(14(18)19-2)8-4-7-11(16)9-20-13(17)10-5-3-6-10/h4,8,10H,3,5-7,9H2,1-2H3. The molecule has 20 heavy (non-hydrogen) atoms. The zero-order chi connectivity index (χ0) is 15.0. The van der Waals surface area contributed by atoms with Crippen molar-refractivity contribution in [3.05, 3.63) is 12.2 Å². The van der Waals surface area contributed by atoms with Crippen LogP contribution in [0, 0.1) is 5.92 Å². The number of nitrogens with zero attached hydrogens (tertiary/aromatic N) is 1. The first-order valence-electron chi connectivity index (χ1n) is 6.48. The molecule has 0 aromatic rings. The lowest BCUT2D eigenvalue weighted by atomic mass is 9.86. The number of Topliss-reactive ketones (excluding diaryl/α,β-unsaturated/α-hetero) is 1. The van der Waals surface area contributed by atoms with Crippen molar-refractivity contribution in [3.63, 3.8) is 0 Å². The molecule has 0 bridgehead atoms. The fourth-order valence-electron chi connectivity index (χ4n) is 1.61. The van der Waals surface area contributed by atoms with Crippen molar-refractivity contribution in [2.24, 2.45) is 10.9 Å². The summed E-state index contributed by atoms with van der Waals surface area (Å²) in [4.78, 5) is 37.8. The first kappa shape index (κ1) is 16.1. The summed E-state index contributed by atoms with van der Waals surface area (Å²) >= 11 is 0. The van der Waals surface area contributed by atoms with E-state index in [1.807, 2.05) is 0 Å². The molecule has 0 unspecified atom stereocenters. The number of esters is 2. The first-order valence-corrected chi connectivity index (χ1v) is 6.48. The van der Waals surface area contributed by atoms with Gasteiger partial charge < -0.3 is 9.47 Å². The van der Waals surface area contributed by atoms with E-state index in [-0.39, 0.29) is 36.4 Å². The van der Waals surface area contributed by atoms with Gasteiger partial charge in [-0.2, -0.15) is 0 Å². The molecule has 1 aliphatic rings. The van der Waals surface area contributed by atoms with Crippen molar-refractivity contribution in [2.45, 2.75) is 25.7 Å². The monoisotopic (exact) mass is 281 g/mol. The average molecular weight is 281 g/mol. The Kier molecular flexibility index (Phi) is 6.63. The lowest BCUT2D eigenvalue weighted by Crippen LogP contribution is -2.26. The van der Waals surface area contributed by atoms with Crippen LogP contribution < -0.4 is 0 Å². The van der Waals surface area contributed by atoms with Crippen molar-refractivity contribution in [1.82, 2.24) is 0 Å². The van der Waals surface area contributed by atoms with E-state index in [0.717, 1.165) is 19.3 Å². The van der Waals surface area contributed by atoms with E-state index in [0.29, 0.717) is 0 Å². The number of methoxy groups -OCH3 is 1. The van der Waals surface area contributed by atoms with Crippen molar-refractivity contribution >= 4 is 23.4 Å². The second-order valence-electron chi connectivity index (χ2n) is 4.48. The normalized spacial score (nSPS) is 15.8. The molecule has 0 atom stereocenters. The lowest BCUT2D eigenvalue weighted by Gasteiger charge is -2.22. The summed E-state index contributed by atoms with van der Waals surface area (Å²) < 4.78 is 9.43. The predicted molar refractivity (Wildman–Crippen MR) is 72.4 cm³/mol. The Hall–Kier alpha value is -1.98. The van der Waals surface area contributed by atoms with E-state index < -0.39 is 5.97 Å². The number of rotatable bonds is 7. The van der Waals surface area contributed by atoms with E-state index >= 15 is 0 Å². The fraction of sp³-hybridized carbons (Fsp3) is 0.571. The Bertz CT molecular complexity index is 435. The highest BCUT2D eigenvalue weighted by atomic mass is 16.5. The van der Waals surface area contributed by atoms with Gasteiger partial charge >= 0.3 is 11.9 Å². The number of aliphatic imine (C=N–C) groups is 1. The van der Waals surface area contributed by atoms with Gasteiger partial charge in [0, 0.05) is 13.5 Å². The molecule has 0 aromatic heterocycles. The van der Waals surface area contributed by atoms with Gasteiger partial charge in [0.05, 0.1) is 13.0 Å². The van der Waals surface area contributed by atoms with E-state index in [1.54, 1.807) is 0 Å². The van der Waals surface area contributed by atoms with Gasteiger partial charge in [-0.25, -0.2) is 4.79 Å². The first-order chi connectivity index (χ1) is 9.58. The maximum Gasteiger partial charge on any atom is 0.356 e. The molecule has 110 valence electrons. The summed E-state index contributed by atoms with van der Waals surface area (Å²) in [5, 5.41) is 0. The number of ketones is 1. The highest BCUT2D eigenvalue weighted by Gasteiger charge is 2.26. The number of carbonyl (C=O) groups is 3. The lowest BCUT2D eigenvalue weighted by molar-refractivity contribution is -0.154. The van der Waals surface area contributed by atoms with Crippen LogP contribution in [0.3, 0.4) is 0 Å². The summed E-state index contributed by atoms with van der Waals surface area (Å²) in [6, 6.07) is 0. The van der Waals surface area contributed by atoms with Crippen LogP contribution in [0.4, 0.5) is 0 Å². The van der Waals surface area contributed by atoms with Gasteiger partial charge in [0.25, 0.3) is 0 Å². The van der Waals surface area contributed by atoms with Crippen LogP contribution in [0.5, 0.6) is 0 Å². The van der Waals surface area contributed by atoms with Crippen LogP contribution in [-0.4, -0.2) is 44.2 Å². The quantitative estimate of drug-likeness (QED) is 0.515. The Morgan fingerprint density at radius 2 is 2.00 bits per heavy atom. The zero-order valence-electron chi connectivity index (χ0n) is 11.8. The number of hydrogen-bond acceptors (Lipinski definition) is 6. The van der Waals surface area contributed by atoms with Gasteiger partial charge in [-0.1, -0.05) is 12.5 Å². The molecule has 1 saturated carbocycles. The predicted octanol–water partition coefficient (Wildman–Crippen LogP) is 1.09. The molecule has 6 heteroatoms. The summed E-state index contributed by atoms with van der Waals surface area (Å²) in [5.41, 5.74) is 0.131. The second kappa shape index (κ2) is 8.24. The molecular formula is C14H19NO5. The van der Waals surface area contributed by atoms with Gasteiger partial charge in [-0.05, 0) is 18.9 Å². The molecule has 1 fully saturated rings. The van der Waals surface area contributed by atoms with Gasteiger partial charge in [0.1, 0.15) is 12.3 Å². The number of ether oxygens (including phenoxy) is 2. The van der Waals surface area contributed by atoms with E-state index in [1.165, 1.54) is 26.3 Å². The highest BCUT2D eigenvalue weighted by Crippen LogP contribution is 2.27. The Morgan fingerprint density at radius 1 is 1.30 bits per heavy atom. The van der Waals surface area contributed by atoms with E-state index in [9.17, 15) is 14.4 Å². The number of carbonyl (C=O) groups excluding carboxylic acids is 3. The van der Waals surface area contributed by atoms with Crippen LogP contribution in [0.25, 0.3) is 0 Å². The molecule has 6 nitrogen and oxygen atoms in total. The Morgan fingerprint density at radius 3 is 2.50 bits per heavy atom. The van der Waals surface area contributed by atoms with Crippen molar-refractivity contribution in [3.8, 4) is 0 Å². The van der Waals surface area contributed by atoms with Gasteiger partial charge in [0.2, 0.25) is 0 Å². The van der Waals surface area contributed by atoms with E-state index in [4.69, 9.17) is 4.74 Å². The van der Waals surface area contributed by atoms with Gasteiger partial charge in [-0.15, -0.1) is 0 Å². The maximum atomic E-state index is 11.5. The summed E-state index contributed by atoms with van der Waals surface area (Å²) in [5.74, 6) is -1.11. The molecule has 0 radical (unpaired) electrons. The van der Waals surface area contributed by atoms with Crippen molar-refractivity contribution < 1.29 is 23.9 Å². The third kappa shape index (κ3) is 4.95. The van der Waals surface area contributed by atoms with E-state index in [2.05, 4.69) is 9.73 Å². The smallest absolute Gasteiger partial charge is 0.356 e. The van der Waals surface area contributed by atoms with Gasteiger partial charge in [-0.3, -0.25) is 14.6 Å². The third-order valence-electron chi connectivity index (χ3n) is 3.07. The number of allylic oxidation sites excluding steroid dienone is 1. The van der Waals surface area contributed by atoms with Gasteiger partial charge in [0.15, 0.2) is 5.78 Å². The molecule has 0 spiro atoms. The Balaban J connectivity index is 2.28. The second-order valence-corrected chi connectivity index (χ2v) is 4.48. The van der Waals surface area contributed by atoms with Crippen molar-refractivity contribution in [2.75, 3.05) is 20.8 Å².